The van der Waals surface area contributed by atoms with Crippen LogP contribution in [0.3, 0.4) is 0 Å². The van der Waals surface area contributed by atoms with E-state index in [4.69, 9.17) is 26.6 Å². The Morgan fingerprint density at radius 2 is 0.531 bits per heavy atom. The first kappa shape index (κ1) is 24.5. The molecule has 0 aromatic heterocycles. The molecule has 0 amide bonds. The van der Waals surface area contributed by atoms with E-state index < -0.39 is 17.6 Å². The Balaban J connectivity index is 1.81. The summed E-state index contributed by atoms with van der Waals surface area (Å²) in [4.78, 5) is 0. The Morgan fingerprint density at radius 1 is 0.344 bits per heavy atom. The minimum absolute atomic E-state index is 0.924. The molecular weight excluding hydrogens is 440 g/mol. The van der Waals surface area contributed by atoms with Crippen LogP contribution in [-0.2, 0) is 26.6 Å². The van der Waals surface area contributed by atoms with E-state index >= 15 is 0 Å². The van der Waals surface area contributed by atoms with Crippen LogP contribution in [0.5, 0.6) is 0 Å². The molecule has 0 radical (unpaired) electrons. The largest absolute Gasteiger partial charge is 0.536 e. The molecule has 0 aliphatic heterocycles. The second-order valence-corrected chi connectivity index (χ2v) is 12.9. The van der Waals surface area contributed by atoms with Gasteiger partial charge in [0, 0.05) is 53.0 Å². The Hall–Kier alpha value is -2.15. The Labute approximate surface area is 192 Å². The normalized spacial score (nSPS) is 12.2. The maximum absolute atomic E-state index is 5.56. The Bertz CT molecular complexity index is 883. The van der Waals surface area contributed by atoms with Crippen molar-refractivity contribution in [2.75, 3.05) is 42.7 Å². The molecular formula is C24H30O6Si2. The van der Waals surface area contributed by atoms with Gasteiger partial charge >= 0.3 is 17.6 Å². The molecule has 32 heavy (non-hydrogen) atoms. The van der Waals surface area contributed by atoms with Gasteiger partial charge in [-0.25, -0.2) is 0 Å². The zero-order chi connectivity index (χ0) is 23.2. The molecule has 3 aromatic rings. The van der Waals surface area contributed by atoms with Crippen LogP contribution in [0.4, 0.5) is 0 Å². The van der Waals surface area contributed by atoms with Crippen LogP contribution in [0.2, 0.25) is 0 Å². The first-order chi connectivity index (χ1) is 15.5. The lowest BCUT2D eigenvalue weighted by Gasteiger charge is -2.24. The topological polar surface area (TPSA) is 55.4 Å². The summed E-state index contributed by atoms with van der Waals surface area (Å²) in [7, 11) is 4.03. The van der Waals surface area contributed by atoms with Gasteiger partial charge in [0.05, 0.1) is 0 Å². The molecule has 3 aromatic carbocycles. The van der Waals surface area contributed by atoms with Gasteiger partial charge in [0.25, 0.3) is 0 Å². The van der Waals surface area contributed by atoms with Crippen molar-refractivity contribution < 1.29 is 26.6 Å². The molecule has 0 aliphatic carbocycles. The van der Waals surface area contributed by atoms with Crippen molar-refractivity contribution in [2.45, 2.75) is 0 Å². The second-order valence-electron chi connectivity index (χ2n) is 7.07. The van der Waals surface area contributed by atoms with Gasteiger partial charge < -0.3 is 26.6 Å². The van der Waals surface area contributed by atoms with E-state index in [9.17, 15) is 0 Å². The van der Waals surface area contributed by atoms with E-state index in [1.54, 1.807) is 42.7 Å². The smallest absolute Gasteiger partial charge is 0.373 e. The molecule has 0 atom stereocenters. The van der Waals surface area contributed by atoms with E-state index in [1.165, 1.54) is 0 Å². The highest BCUT2D eigenvalue weighted by atomic mass is 28.4. The van der Waals surface area contributed by atoms with Crippen LogP contribution >= 0.6 is 0 Å². The van der Waals surface area contributed by atoms with Gasteiger partial charge in [-0.15, -0.1) is 0 Å². The lowest BCUT2D eigenvalue weighted by atomic mass is 10.0. The van der Waals surface area contributed by atoms with Crippen molar-refractivity contribution in [1.82, 2.24) is 0 Å². The van der Waals surface area contributed by atoms with Crippen molar-refractivity contribution in [3.05, 3.63) is 72.8 Å². The van der Waals surface area contributed by atoms with Gasteiger partial charge in [0.15, 0.2) is 0 Å². The molecule has 0 fully saturated rings. The van der Waals surface area contributed by atoms with E-state index in [1.807, 2.05) is 24.3 Å². The molecule has 6 nitrogen and oxygen atoms in total. The fraction of sp³-hybridized carbons (Fsp3) is 0.250. The predicted octanol–water partition coefficient (Wildman–Crippen LogP) is 3.19. The van der Waals surface area contributed by atoms with Gasteiger partial charge in [-0.05, 0) is 22.3 Å². The third-order valence-corrected chi connectivity index (χ3v) is 10.9. The van der Waals surface area contributed by atoms with Crippen molar-refractivity contribution in [1.29, 1.82) is 0 Å². The zero-order valence-electron chi connectivity index (χ0n) is 19.4. The quantitative estimate of drug-likeness (QED) is 0.424. The van der Waals surface area contributed by atoms with E-state index in [2.05, 4.69) is 48.5 Å². The fourth-order valence-electron chi connectivity index (χ4n) is 3.80. The molecule has 0 bridgehead atoms. The molecule has 3 rings (SSSR count). The molecule has 0 unspecified atom stereocenters. The highest BCUT2D eigenvalue weighted by Crippen LogP contribution is 2.25. The highest BCUT2D eigenvalue weighted by molar-refractivity contribution is 6.75. The third-order valence-electron chi connectivity index (χ3n) is 5.64. The summed E-state index contributed by atoms with van der Waals surface area (Å²) >= 11 is 0. The minimum atomic E-state index is -2.82. The molecule has 0 spiro atoms. The third kappa shape index (κ3) is 4.63. The molecule has 0 aliphatic rings. The van der Waals surface area contributed by atoms with Gasteiger partial charge in [-0.2, -0.15) is 0 Å². The molecule has 0 N–H and O–H groups in total. The average Bonchev–Trinajstić information content (AvgIpc) is 2.88. The van der Waals surface area contributed by atoms with Crippen molar-refractivity contribution in [3.63, 3.8) is 0 Å². The van der Waals surface area contributed by atoms with Gasteiger partial charge in [0.1, 0.15) is 0 Å². The summed E-state index contributed by atoms with van der Waals surface area (Å²) in [6.07, 6.45) is 0. The molecule has 170 valence electrons. The maximum atomic E-state index is 5.56. The summed E-state index contributed by atoms with van der Waals surface area (Å²) in [5.41, 5.74) is 4.47. The molecule has 0 heterocycles. The number of benzene rings is 3. The SMILES string of the molecule is CO[Si](OC)(OC)c1ccc(-c2ccc(-c3ccc([Si](OC)(OC)OC)cc3)cc2)cc1. The van der Waals surface area contributed by atoms with Gasteiger partial charge in [-0.1, -0.05) is 72.8 Å². The van der Waals surface area contributed by atoms with E-state index in [0.29, 0.717) is 0 Å². The van der Waals surface area contributed by atoms with E-state index in [-0.39, 0.29) is 0 Å². The monoisotopic (exact) mass is 470 g/mol. The fourth-order valence-corrected chi connectivity index (χ4v) is 7.36. The average molecular weight is 471 g/mol. The van der Waals surface area contributed by atoms with Gasteiger partial charge in [-0.3, -0.25) is 0 Å². The summed E-state index contributed by atoms with van der Waals surface area (Å²) in [6.45, 7) is 0. The Kier molecular flexibility index (Phi) is 8.15. The maximum Gasteiger partial charge on any atom is 0.536 e. The number of rotatable bonds is 10. The van der Waals surface area contributed by atoms with Crippen LogP contribution in [0.25, 0.3) is 22.3 Å². The second kappa shape index (κ2) is 10.6. The predicted molar refractivity (Wildman–Crippen MR) is 130 cm³/mol. The summed E-state index contributed by atoms with van der Waals surface area (Å²) in [5, 5.41) is 1.85. The molecule has 0 saturated carbocycles. The van der Waals surface area contributed by atoms with Crippen LogP contribution in [0.1, 0.15) is 0 Å². The van der Waals surface area contributed by atoms with Crippen molar-refractivity contribution in [3.8, 4) is 22.3 Å². The minimum Gasteiger partial charge on any atom is -0.373 e. The molecule has 8 heteroatoms. The molecule has 0 saturated heterocycles. The first-order valence-electron chi connectivity index (χ1n) is 10.1. The first-order valence-corrected chi connectivity index (χ1v) is 13.6. The van der Waals surface area contributed by atoms with Crippen LogP contribution in [-0.4, -0.2) is 60.3 Å². The standard InChI is InChI=1S/C24H30O6Si2/c1-25-31(26-2,27-3)23-15-11-21(12-16-23)19-7-9-20(10-8-19)22-13-17-24(18-14-22)32(28-4,29-5)30-6/h7-18H,1-6H3. The van der Waals surface area contributed by atoms with Crippen LogP contribution < -0.4 is 10.4 Å². The summed E-state index contributed by atoms with van der Waals surface area (Å²) in [6, 6.07) is 24.7. The van der Waals surface area contributed by atoms with E-state index in [0.717, 1.165) is 32.6 Å². The van der Waals surface area contributed by atoms with Crippen molar-refractivity contribution >= 4 is 28.0 Å². The highest BCUT2D eigenvalue weighted by Gasteiger charge is 2.41. The summed E-state index contributed by atoms with van der Waals surface area (Å²) < 4.78 is 33.3. The summed E-state index contributed by atoms with van der Waals surface area (Å²) in [5.74, 6) is 0. The van der Waals surface area contributed by atoms with Crippen molar-refractivity contribution in [2.24, 2.45) is 0 Å². The Morgan fingerprint density at radius 3 is 0.719 bits per heavy atom. The lowest BCUT2D eigenvalue weighted by molar-refractivity contribution is 0.140. The lowest BCUT2D eigenvalue weighted by Crippen LogP contribution is -2.54. The van der Waals surface area contributed by atoms with Gasteiger partial charge in [0.2, 0.25) is 0 Å². The van der Waals surface area contributed by atoms with Crippen LogP contribution in [0.15, 0.2) is 72.8 Å². The number of hydrogen-bond acceptors (Lipinski definition) is 6. The van der Waals surface area contributed by atoms with Crippen LogP contribution in [0, 0.1) is 0 Å². The number of hydrogen-bond donors (Lipinski definition) is 0. The zero-order valence-corrected chi connectivity index (χ0v) is 21.4.